The monoisotopic (exact) mass is 188 g/mol. The summed E-state index contributed by atoms with van der Waals surface area (Å²) in [5.74, 6) is 0. The Labute approximate surface area is 77.7 Å². The number of nitrogens with one attached hydrogen (secondary N) is 1. The van der Waals surface area contributed by atoms with Gasteiger partial charge in [-0.15, -0.1) is 0 Å². The number of amides is 1. The highest BCUT2D eigenvalue weighted by Gasteiger charge is 2.29. The molecular weight excluding hydrogens is 172 g/mol. The maximum absolute atomic E-state index is 10.9. The van der Waals surface area contributed by atoms with Crippen LogP contribution in [0.1, 0.15) is 6.42 Å². The number of ether oxygens (including phenoxy) is 1. The summed E-state index contributed by atoms with van der Waals surface area (Å²) in [7, 11) is 3.28. The van der Waals surface area contributed by atoms with Crippen molar-refractivity contribution in [3.05, 3.63) is 0 Å². The molecule has 0 aromatic rings. The van der Waals surface area contributed by atoms with Gasteiger partial charge in [-0.25, -0.2) is 4.79 Å². The average Bonchev–Trinajstić information content (AvgIpc) is 2.46. The number of nitrogens with zero attached hydrogens (tertiary/aromatic N) is 1. The van der Waals surface area contributed by atoms with Gasteiger partial charge in [0.25, 0.3) is 0 Å². The van der Waals surface area contributed by atoms with E-state index in [1.165, 1.54) is 7.11 Å². The lowest BCUT2D eigenvalue weighted by Gasteiger charge is -2.14. The number of alkyl carbamates (subject to hydrolysis) is 1. The van der Waals surface area contributed by atoms with Crippen LogP contribution in [0.25, 0.3) is 0 Å². The Kier molecular flexibility index (Phi) is 3.50. The highest BCUT2D eigenvalue weighted by Crippen LogP contribution is 2.14. The normalized spacial score (nSPS) is 28.8. The number of aliphatic hydroxyl groups is 1. The van der Waals surface area contributed by atoms with Crippen LogP contribution in [0.2, 0.25) is 0 Å². The summed E-state index contributed by atoms with van der Waals surface area (Å²) >= 11 is 0. The number of hydrogen-bond acceptors (Lipinski definition) is 4. The van der Waals surface area contributed by atoms with Gasteiger partial charge in [-0.1, -0.05) is 0 Å². The SMILES string of the molecule is COC(=O)NC1CC(CO)N(C)C1. The van der Waals surface area contributed by atoms with Gasteiger partial charge in [0, 0.05) is 18.6 Å². The van der Waals surface area contributed by atoms with Crippen molar-refractivity contribution in [2.75, 3.05) is 27.3 Å². The maximum Gasteiger partial charge on any atom is 0.407 e. The third kappa shape index (κ3) is 2.57. The number of likely N-dealkylation sites (N-methyl/N-ethyl adjacent to an activating group) is 1. The lowest BCUT2D eigenvalue weighted by Crippen LogP contribution is -2.36. The molecule has 0 aliphatic carbocycles. The van der Waals surface area contributed by atoms with Crippen molar-refractivity contribution < 1.29 is 14.6 Å². The molecule has 5 heteroatoms. The molecule has 1 amide bonds. The first-order valence-corrected chi connectivity index (χ1v) is 4.33. The molecule has 5 nitrogen and oxygen atoms in total. The molecule has 2 atom stereocenters. The molecule has 0 radical (unpaired) electrons. The fourth-order valence-corrected chi connectivity index (χ4v) is 1.62. The van der Waals surface area contributed by atoms with E-state index in [4.69, 9.17) is 5.11 Å². The first kappa shape index (κ1) is 10.3. The Hall–Kier alpha value is -0.810. The van der Waals surface area contributed by atoms with Crippen LogP contribution in [0.15, 0.2) is 0 Å². The standard InChI is InChI=1S/C8H16N2O3/c1-10-4-6(3-7(10)5-11)9-8(12)13-2/h6-7,11H,3-5H2,1-2H3,(H,9,12). The minimum absolute atomic E-state index is 0.0922. The van der Waals surface area contributed by atoms with E-state index in [1.54, 1.807) is 0 Å². The second-order valence-corrected chi connectivity index (χ2v) is 3.34. The van der Waals surface area contributed by atoms with Crippen LogP contribution in [0, 0.1) is 0 Å². The third-order valence-corrected chi connectivity index (χ3v) is 2.41. The van der Waals surface area contributed by atoms with Crippen molar-refractivity contribution in [3.8, 4) is 0 Å². The molecule has 2 N–H and O–H groups in total. The molecule has 0 aromatic heterocycles. The van der Waals surface area contributed by atoms with Crippen LogP contribution in [-0.4, -0.2) is 55.5 Å². The summed E-state index contributed by atoms with van der Waals surface area (Å²) in [4.78, 5) is 12.9. The van der Waals surface area contributed by atoms with Gasteiger partial charge in [-0.2, -0.15) is 0 Å². The van der Waals surface area contributed by atoms with Crippen molar-refractivity contribution in [1.82, 2.24) is 10.2 Å². The lowest BCUT2D eigenvalue weighted by atomic mass is 10.2. The number of hydrogen-bond donors (Lipinski definition) is 2. The first-order valence-electron chi connectivity index (χ1n) is 4.33. The third-order valence-electron chi connectivity index (χ3n) is 2.41. The van der Waals surface area contributed by atoms with Crippen LogP contribution in [0.3, 0.4) is 0 Å². The van der Waals surface area contributed by atoms with Gasteiger partial charge in [-0.3, -0.25) is 4.90 Å². The summed E-state index contributed by atoms with van der Waals surface area (Å²) in [6, 6.07) is 0.247. The van der Waals surface area contributed by atoms with Gasteiger partial charge >= 0.3 is 6.09 Å². The maximum atomic E-state index is 10.9. The van der Waals surface area contributed by atoms with Crippen LogP contribution in [-0.2, 0) is 4.74 Å². The highest BCUT2D eigenvalue weighted by molar-refractivity contribution is 5.67. The molecule has 0 saturated carbocycles. The van der Waals surface area contributed by atoms with E-state index in [9.17, 15) is 4.79 Å². The summed E-state index contributed by atoms with van der Waals surface area (Å²) in [6.45, 7) is 0.899. The van der Waals surface area contributed by atoms with Crippen molar-refractivity contribution in [1.29, 1.82) is 0 Å². The second-order valence-electron chi connectivity index (χ2n) is 3.34. The van der Waals surface area contributed by atoms with Crippen molar-refractivity contribution in [3.63, 3.8) is 0 Å². The van der Waals surface area contributed by atoms with E-state index in [-0.39, 0.29) is 18.7 Å². The highest BCUT2D eigenvalue weighted by atomic mass is 16.5. The largest absolute Gasteiger partial charge is 0.453 e. The number of carbonyl (C=O) groups excluding carboxylic acids is 1. The van der Waals surface area contributed by atoms with Crippen molar-refractivity contribution in [2.24, 2.45) is 0 Å². The zero-order chi connectivity index (χ0) is 9.84. The molecule has 0 bridgehead atoms. The first-order chi connectivity index (χ1) is 6.17. The van der Waals surface area contributed by atoms with E-state index < -0.39 is 6.09 Å². The number of methoxy groups -OCH3 is 1. The molecule has 1 heterocycles. The van der Waals surface area contributed by atoms with Gasteiger partial charge < -0.3 is 15.2 Å². The Morgan fingerprint density at radius 1 is 1.77 bits per heavy atom. The number of carbonyl (C=O) groups is 1. The molecule has 1 aliphatic rings. The molecule has 1 rings (SSSR count). The predicted octanol–water partition coefficient (Wildman–Crippen LogP) is -0.593. The van der Waals surface area contributed by atoms with E-state index in [2.05, 4.69) is 10.1 Å². The Morgan fingerprint density at radius 2 is 2.46 bits per heavy atom. The van der Waals surface area contributed by atoms with Gasteiger partial charge in [0.05, 0.1) is 13.7 Å². The fourth-order valence-electron chi connectivity index (χ4n) is 1.62. The summed E-state index contributed by atoms with van der Waals surface area (Å²) in [5, 5.41) is 11.7. The molecule has 76 valence electrons. The molecule has 1 saturated heterocycles. The fraction of sp³-hybridized carbons (Fsp3) is 0.875. The lowest BCUT2D eigenvalue weighted by molar-refractivity contribution is 0.167. The minimum atomic E-state index is -0.406. The van der Waals surface area contributed by atoms with Crippen molar-refractivity contribution in [2.45, 2.75) is 18.5 Å². The Bertz CT molecular complexity index is 186. The summed E-state index contributed by atoms with van der Waals surface area (Å²) < 4.78 is 4.49. The molecule has 2 unspecified atom stereocenters. The summed E-state index contributed by atoms with van der Waals surface area (Å²) in [6.07, 6.45) is 0.374. The smallest absolute Gasteiger partial charge is 0.407 e. The van der Waals surface area contributed by atoms with Gasteiger partial charge in [0.2, 0.25) is 0 Å². The quantitative estimate of drug-likeness (QED) is 0.608. The molecular formula is C8H16N2O3. The molecule has 13 heavy (non-hydrogen) atoms. The van der Waals surface area contributed by atoms with Gasteiger partial charge in [0.1, 0.15) is 0 Å². The summed E-state index contributed by atoms with van der Waals surface area (Å²) in [5.41, 5.74) is 0. The zero-order valence-corrected chi connectivity index (χ0v) is 7.99. The number of aliphatic hydroxyl groups excluding tert-OH is 1. The predicted molar refractivity (Wildman–Crippen MR) is 47.4 cm³/mol. The van der Waals surface area contributed by atoms with E-state index in [0.717, 1.165) is 13.0 Å². The van der Waals surface area contributed by atoms with Crippen LogP contribution in [0.5, 0.6) is 0 Å². The molecule has 1 fully saturated rings. The molecule has 1 aliphatic heterocycles. The second kappa shape index (κ2) is 4.43. The van der Waals surface area contributed by atoms with Crippen LogP contribution < -0.4 is 5.32 Å². The molecule has 0 spiro atoms. The molecule has 0 aromatic carbocycles. The minimum Gasteiger partial charge on any atom is -0.453 e. The van der Waals surface area contributed by atoms with Crippen LogP contribution in [0.4, 0.5) is 4.79 Å². The average molecular weight is 188 g/mol. The van der Waals surface area contributed by atoms with E-state index in [0.29, 0.717) is 0 Å². The number of rotatable bonds is 2. The van der Waals surface area contributed by atoms with Crippen molar-refractivity contribution >= 4 is 6.09 Å². The Morgan fingerprint density at radius 3 is 2.92 bits per heavy atom. The van der Waals surface area contributed by atoms with E-state index >= 15 is 0 Å². The zero-order valence-electron chi connectivity index (χ0n) is 7.99. The topological polar surface area (TPSA) is 61.8 Å². The van der Waals surface area contributed by atoms with Crippen LogP contribution >= 0.6 is 0 Å². The van der Waals surface area contributed by atoms with Gasteiger partial charge in [-0.05, 0) is 13.5 Å². The van der Waals surface area contributed by atoms with E-state index in [1.807, 2.05) is 11.9 Å². The van der Waals surface area contributed by atoms with Gasteiger partial charge in [0.15, 0.2) is 0 Å². The number of likely N-dealkylation sites (tertiary alicyclic amines) is 1. The Balaban J connectivity index is 2.35.